The van der Waals surface area contributed by atoms with E-state index in [9.17, 15) is 9.90 Å². The zero-order valence-electron chi connectivity index (χ0n) is 11.0. The minimum atomic E-state index is -0.00831. The molecule has 1 aliphatic heterocycles. The van der Waals surface area contributed by atoms with Gasteiger partial charge in [-0.05, 0) is 37.1 Å². The first kappa shape index (κ1) is 12.9. The molecule has 1 N–H and O–H groups in total. The van der Waals surface area contributed by atoms with E-state index in [2.05, 4.69) is 0 Å². The van der Waals surface area contributed by atoms with Gasteiger partial charge in [-0.2, -0.15) is 0 Å². The van der Waals surface area contributed by atoms with Gasteiger partial charge in [0.25, 0.3) is 5.91 Å². The molecule has 1 aromatic rings. The van der Waals surface area contributed by atoms with Gasteiger partial charge in [0.1, 0.15) is 0 Å². The summed E-state index contributed by atoms with van der Waals surface area (Å²) in [6, 6.07) is 7.58. The molecule has 0 spiro atoms. The highest BCUT2D eigenvalue weighted by atomic mass is 16.3. The van der Waals surface area contributed by atoms with Gasteiger partial charge in [0.2, 0.25) is 0 Å². The third-order valence-corrected chi connectivity index (χ3v) is 3.48. The normalized spacial score (nSPS) is 19.1. The molecule has 1 fully saturated rings. The Labute approximate surface area is 108 Å². The Morgan fingerprint density at radius 1 is 1.39 bits per heavy atom. The third kappa shape index (κ3) is 2.48. The summed E-state index contributed by atoms with van der Waals surface area (Å²) in [5, 5.41) is 9.25. The van der Waals surface area contributed by atoms with Crippen LogP contribution in [0.2, 0.25) is 0 Å². The summed E-state index contributed by atoms with van der Waals surface area (Å²) in [6.07, 6.45) is 1.88. The predicted octanol–water partition coefficient (Wildman–Crippen LogP) is 1.35. The topological polar surface area (TPSA) is 43.8 Å². The van der Waals surface area contributed by atoms with Gasteiger partial charge in [-0.15, -0.1) is 0 Å². The molecule has 1 atom stereocenters. The van der Waals surface area contributed by atoms with E-state index in [1.54, 1.807) is 4.90 Å². The summed E-state index contributed by atoms with van der Waals surface area (Å²) in [7, 11) is 3.94. The van der Waals surface area contributed by atoms with Crippen LogP contribution in [0.4, 0.5) is 5.69 Å². The van der Waals surface area contributed by atoms with Crippen LogP contribution in [0.25, 0.3) is 0 Å². The number of nitrogens with zero attached hydrogens (tertiary/aromatic N) is 2. The Morgan fingerprint density at radius 2 is 2.06 bits per heavy atom. The molecule has 1 aliphatic rings. The first-order valence-corrected chi connectivity index (χ1v) is 6.32. The first-order chi connectivity index (χ1) is 8.63. The second-order valence-corrected chi connectivity index (χ2v) is 4.92. The van der Waals surface area contributed by atoms with Crippen LogP contribution >= 0.6 is 0 Å². The molecule has 1 amide bonds. The summed E-state index contributed by atoms with van der Waals surface area (Å²) in [6.45, 7) is 0.807. The standard InChI is InChI=1S/C14H20N2O2/c1-15(2)12-7-5-11(6-8-12)14(18)16-9-3-4-13(16)10-17/h5-8,13,17H,3-4,9-10H2,1-2H3/t13-/m1/s1. The molecule has 18 heavy (non-hydrogen) atoms. The summed E-state index contributed by atoms with van der Waals surface area (Å²) < 4.78 is 0. The van der Waals surface area contributed by atoms with Crippen LogP contribution in [0, 0.1) is 0 Å². The average Bonchev–Trinajstić information content (AvgIpc) is 2.86. The van der Waals surface area contributed by atoms with E-state index in [0.717, 1.165) is 25.1 Å². The number of amides is 1. The summed E-state index contributed by atoms with van der Waals surface area (Å²) in [5.74, 6) is 0.0249. The highest BCUT2D eigenvalue weighted by Crippen LogP contribution is 2.21. The van der Waals surface area contributed by atoms with Crippen molar-refractivity contribution >= 4 is 11.6 Å². The molecule has 1 aromatic carbocycles. The summed E-state index contributed by atoms with van der Waals surface area (Å²) in [4.78, 5) is 16.1. The molecule has 2 rings (SSSR count). The Balaban J connectivity index is 2.13. The Kier molecular flexibility index (Phi) is 3.87. The fraction of sp³-hybridized carbons (Fsp3) is 0.500. The largest absolute Gasteiger partial charge is 0.394 e. The van der Waals surface area contributed by atoms with Crippen molar-refractivity contribution in [3.05, 3.63) is 29.8 Å². The molecule has 0 saturated carbocycles. The molecule has 0 aromatic heterocycles. The Bertz CT molecular complexity index is 414. The number of anilines is 1. The fourth-order valence-electron chi connectivity index (χ4n) is 2.36. The fourth-order valence-corrected chi connectivity index (χ4v) is 2.36. The molecule has 1 saturated heterocycles. The maximum atomic E-state index is 12.3. The average molecular weight is 248 g/mol. The summed E-state index contributed by atoms with van der Waals surface area (Å²) in [5.41, 5.74) is 1.77. The number of carbonyl (C=O) groups is 1. The lowest BCUT2D eigenvalue weighted by molar-refractivity contribution is 0.0677. The van der Waals surface area contributed by atoms with Crippen molar-refractivity contribution in [1.82, 2.24) is 4.90 Å². The van der Waals surface area contributed by atoms with Crippen molar-refractivity contribution in [3.63, 3.8) is 0 Å². The third-order valence-electron chi connectivity index (χ3n) is 3.48. The number of aliphatic hydroxyl groups excluding tert-OH is 1. The van der Waals surface area contributed by atoms with E-state index in [4.69, 9.17) is 0 Å². The van der Waals surface area contributed by atoms with Crippen LogP contribution in [0.5, 0.6) is 0 Å². The van der Waals surface area contributed by atoms with E-state index in [0.29, 0.717) is 5.56 Å². The van der Waals surface area contributed by atoms with Gasteiger partial charge < -0.3 is 14.9 Å². The van der Waals surface area contributed by atoms with Gasteiger partial charge in [-0.1, -0.05) is 0 Å². The second-order valence-electron chi connectivity index (χ2n) is 4.92. The van der Waals surface area contributed by atoms with E-state index < -0.39 is 0 Å². The van der Waals surface area contributed by atoms with Crippen LogP contribution in [-0.2, 0) is 0 Å². The lowest BCUT2D eigenvalue weighted by Gasteiger charge is -2.23. The van der Waals surface area contributed by atoms with Crippen molar-refractivity contribution in [1.29, 1.82) is 0 Å². The molecule has 0 bridgehead atoms. The SMILES string of the molecule is CN(C)c1ccc(C(=O)N2CCC[C@@H]2CO)cc1. The molecule has 4 nitrogen and oxygen atoms in total. The van der Waals surface area contributed by atoms with E-state index in [-0.39, 0.29) is 18.6 Å². The molecule has 0 aliphatic carbocycles. The van der Waals surface area contributed by atoms with Gasteiger partial charge >= 0.3 is 0 Å². The van der Waals surface area contributed by atoms with Crippen LogP contribution < -0.4 is 4.90 Å². The zero-order chi connectivity index (χ0) is 13.1. The molecule has 1 heterocycles. The molecular formula is C14H20N2O2. The number of likely N-dealkylation sites (tertiary alicyclic amines) is 1. The van der Waals surface area contributed by atoms with Crippen molar-refractivity contribution in [3.8, 4) is 0 Å². The number of rotatable bonds is 3. The highest BCUT2D eigenvalue weighted by Gasteiger charge is 2.28. The van der Waals surface area contributed by atoms with Crippen LogP contribution in [0.3, 0.4) is 0 Å². The van der Waals surface area contributed by atoms with Gasteiger partial charge in [0.05, 0.1) is 12.6 Å². The van der Waals surface area contributed by atoms with Gasteiger partial charge in [-0.25, -0.2) is 0 Å². The van der Waals surface area contributed by atoms with Crippen LogP contribution in [-0.4, -0.2) is 49.2 Å². The lowest BCUT2D eigenvalue weighted by Crippen LogP contribution is -2.37. The van der Waals surface area contributed by atoms with Crippen molar-refractivity contribution in [2.45, 2.75) is 18.9 Å². The predicted molar refractivity (Wildman–Crippen MR) is 71.9 cm³/mol. The number of benzene rings is 1. The van der Waals surface area contributed by atoms with Crippen molar-refractivity contribution < 1.29 is 9.90 Å². The second kappa shape index (κ2) is 5.40. The van der Waals surface area contributed by atoms with Crippen molar-refractivity contribution in [2.75, 3.05) is 32.1 Å². The number of carbonyl (C=O) groups excluding carboxylic acids is 1. The molecule has 0 radical (unpaired) electrons. The Morgan fingerprint density at radius 3 is 2.61 bits per heavy atom. The van der Waals surface area contributed by atoms with Gasteiger partial charge in [0.15, 0.2) is 0 Å². The van der Waals surface area contributed by atoms with E-state index >= 15 is 0 Å². The quantitative estimate of drug-likeness (QED) is 0.878. The number of hydrogen-bond acceptors (Lipinski definition) is 3. The molecular weight excluding hydrogens is 228 g/mol. The maximum Gasteiger partial charge on any atom is 0.254 e. The number of aliphatic hydroxyl groups is 1. The zero-order valence-corrected chi connectivity index (χ0v) is 11.0. The van der Waals surface area contributed by atoms with E-state index in [1.807, 2.05) is 43.3 Å². The van der Waals surface area contributed by atoms with E-state index in [1.165, 1.54) is 0 Å². The van der Waals surface area contributed by atoms with Crippen molar-refractivity contribution in [2.24, 2.45) is 0 Å². The Hall–Kier alpha value is -1.55. The van der Waals surface area contributed by atoms with Gasteiger partial charge in [-0.3, -0.25) is 4.79 Å². The van der Waals surface area contributed by atoms with Crippen LogP contribution in [0.1, 0.15) is 23.2 Å². The number of hydrogen-bond donors (Lipinski definition) is 1. The maximum absolute atomic E-state index is 12.3. The summed E-state index contributed by atoms with van der Waals surface area (Å²) >= 11 is 0. The first-order valence-electron chi connectivity index (χ1n) is 6.32. The molecule has 4 heteroatoms. The van der Waals surface area contributed by atoms with Crippen LogP contribution in [0.15, 0.2) is 24.3 Å². The molecule has 0 unspecified atom stereocenters. The monoisotopic (exact) mass is 248 g/mol. The molecule has 98 valence electrons. The lowest BCUT2D eigenvalue weighted by atomic mass is 10.1. The van der Waals surface area contributed by atoms with Gasteiger partial charge in [0, 0.05) is 31.9 Å². The smallest absolute Gasteiger partial charge is 0.254 e. The minimum absolute atomic E-state index is 0.00831. The minimum Gasteiger partial charge on any atom is -0.394 e. The highest BCUT2D eigenvalue weighted by molar-refractivity contribution is 5.95.